The van der Waals surface area contributed by atoms with Crippen molar-refractivity contribution in [3.05, 3.63) is 59.7 Å². The van der Waals surface area contributed by atoms with Gasteiger partial charge < -0.3 is 42.4 Å². The lowest BCUT2D eigenvalue weighted by Gasteiger charge is -2.32. The third-order valence-electron chi connectivity index (χ3n) is 8.52. The predicted molar refractivity (Wildman–Crippen MR) is 196 cm³/mol. The molecule has 3 rings (SSSR count). The fourth-order valence-electron chi connectivity index (χ4n) is 6.02. The number of nitrogens with zero attached hydrogens (tertiary/aromatic N) is 1. The first-order valence-electron chi connectivity index (χ1n) is 17.4. The number of nitrogens with two attached hydrogens (primary N) is 2. The average molecular weight is 790 g/mol. The fraction of sp³-hybridized carbons (Fsp3) is 0.457. The molecule has 0 saturated carbocycles. The standard InChI is InChI=1S/C35H48N7O12P/c1-18(2)15-26(40-33(48)25(38-20(4)44)16-21-9-11-23(12-10-21)54-55(51,52)53)35(50)42-27-8-6-5-7-22(27)17-28(42)34(49)39-24(13-14-29(36)45)32(47)41-30(19(3)43)31(37)46/h5-12,18-19,24-26,28,30,43H,13-17H2,1-4H3,(H2,36,45)(H2,37,46)(H,38,44)(H,39,49)(H,40,48)(H,41,47)(H2,51,52,53)/t19-,24+,25+,26+,28+,30+/m1/s1. The van der Waals surface area contributed by atoms with Gasteiger partial charge in [0.15, 0.2) is 0 Å². The molecular weight excluding hydrogens is 741 g/mol. The molecule has 6 atom stereocenters. The first kappa shape index (κ1) is 44.0. The second kappa shape index (κ2) is 19.3. The van der Waals surface area contributed by atoms with Crippen LogP contribution in [0.15, 0.2) is 48.5 Å². The van der Waals surface area contributed by atoms with Crippen LogP contribution in [0.4, 0.5) is 5.69 Å². The van der Waals surface area contributed by atoms with Crippen molar-refractivity contribution in [1.82, 2.24) is 21.3 Å². The highest BCUT2D eigenvalue weighted by Gasteiger charge is 2.43. The van der Waals surface area contributed by atoms with Crippen molar-refractivity contribution in [2.75, 3.05) is 4.90 Å². The second-order valence-corrected chi connectivity index (χ2v) is 14.8. The zero-order valence-electron chi connectivity index (χ0n) is 30.8. The molecule has 1 aliphatic heterocycles. The van der Waals surface area contributed by atoms with E-state index in [9.17, 15) is 43.2 Å². The molecule has 0 aromatic heterocycles. The molecule has 0 radical (unpaired) electrons. The number of carbonyl (C=O) groups is 7. The first-order valence-corrected chi connectivity index (χ1v) is 18.9. The minimum Gasteiger partial charge on any atom is -0.404 e. The quantitative estimate of drug-likeness (QED) is 0.0758. The maximum atomic E-state index is 14.5. The molecular formula is C35H48N7O12P. The number of hydrogen-bond acceptors (Lipinski definition) is 10. The summed E-state index contributed by atoms with van der Waals surface area (Å²) in [7, 11) is -4.81. The molecule has 19 nitrogen and oxygen atoms in total. The lowest BCUT2D eigenvalue weighted by atomic mass is 10.00. The summed E-state index contributed by atoms with van der Waals surface area (Å²) in [5.41, 5.74) is 12.1. The third-order valence-corrected chi connectivity index (χ3v) is 8.97. The Kier molecular flexibility index (Phi) is 15.4. The largest absolute Gasteiger partial charge is 0.524 e. The molecule has 0 unspecified atom stereocenters. The average Bonchev–Trinajstić information content (AvgIpc) is 3.47. The van der Waals surface area contributed by atoms with Crippen molar-refractivity contribution in [3.8, 4) is 5.75 Å². The van der Waals surface area contributed by atoms with Crippen LogP contribution in [0.2, 0.25) is 0 Å². The van der Waals surface area contributed by atoms with E-state index < -0.39 is 85.5 Å². The minimum absolute atomic E-state index is 0.00802. The number of nitrogens with one attached hydrogen (secondary N) is 4. The molecule has 0 aliphatic carbocycles. The van der Waals surface area contributed by atoms with Crippen molar-refractivity contribution in [2.24, 2.45) is 17.4 Å². The van der Waals surface area contributed by atoms with E-state index in [1.165, 1.54) is 43.0 Å². The maximum Gasteiger partial charge on any atom is 0.524 e. The fourth-order valence-corrected chi connectivity index (χ4v) is 6.42. The molecule has 1 heterocycles. The Morgan fingerprint density at radius 3 is 2.04 bits per heavy atom. The lowest BCUT2D eigenvalue weighted by Crippen LogP contribution is -2.60. The van der Waals surface area contributed by atoms with Crippen LogP contribution < -0.4 is 42.2 Å². The van der Waals surface area contributed by atoms with Crippen molar-refractivity contribution < 1.29 is 57.5 Å². The number of carbonyl (C=O) groups excluding carboxylic acids is 7. The Hall–Kier alpha value is -5.36. The number of hydrogen-bond donors (Lipinski definition) is 9. The minimum atomic E-state index is -4.81. The van der Waals surface area contributed by atoms with Crippen molar-refractivity contribution in [2.45, 2.75) is 96.1 Å². The summed E-state index contributed by atoms with van der Waals surface area (Å²) >= 11 is 0. The Labute approximate surface area is 317 Å². The number of aliphatic hydroxyl groups excluding tert-OH is 1. The van der Waals surface area contributed by atoms with Gasteiger partial charge in [-0.25, -0.2) is 4.57 Å². The van der Waals surface area contributed by atoms with Gasteiger partial charge in [-0.3, -0.25) is 48.2 Å². The van der Waals surface area contributed by atoms with Crippen LogP contribution in [0.3, 0.4) is 0 Å². The second-order valence-electron chi connectivity index (χ2n) is 13.6. The number of benzene rings is 2. The van der Waals surface area contributed by atoms with E-state index >= 15 is 0 Å². The molecule has 300 valence electrons. The first-order chi connectivity index (χ1) is 25.7. The Morgan fingerprint density at radius 2 is 1.49 bits per heavy atom. The summed E-state index contributed by atoms with van der Waals surface area (Å²) in [4.78, 5) is 111. The van der Waals surface area contributed by atoms with E-state index in [4.69, 9.17) is 21.3 Å². The Balaban J connectivity index is 1.92. The van der Waals surface area contributed by atoms with Gasteiger partial charge in [-0.15, -0.1) is 0 Å². The summed E-state index contributed by atoms with van der Waals surface area (Å²) in [6.07, 6.45) is -1.99. The highest BCUT2D eigenvalue weighted by Crippen LogP contribution is 2.37. The van der Waals surface area contributed by atoms with Crippen LogP contribution in [0, 0.1) is 5.92 Å². The molecule has 0 spiro atoms. The smallest absolute Gasteiger partial charge is 0.404 e. The zero-order valence-corrected chi connectivity index (χ0v) is 31.7. The van der Waals surface area contributed by atoms with Gasteiger partial charge in [-0.1, -0.05) is 44.2 Å². The van der Waals surface area contributed by atoms with Gasteiger partial charge in [-0.05, 0) is 55.0 Å². The molecule has 2 aromatic rings. The van der Waals surface area contributed by atoms with Crippen LogP contribution in [-0.4, -0.2) is 92.6 Å². The summed E-state index contributed by atoms with van der Waals surface area (Å²) in [5, 5.41) is 20.1. The SMILES string of the molecule is CC(=O)N[C@@H](Cc1ccc(OP(=O)(O)O)cc1)C(=O)N[C@@H](CC(C)C)C(=O)N1c2ccccc2C[C@H]1C(=O)N[C@@H](CCC(N)=O)C(=O)N[C@H](C(N)=O)[C@@H](C)O. The number of phosphoric ester groups is 1. The lowest BCUT2D eigenvalue weighted by molar-refractivity contribution is -0.134. The van der Waals surface area contributed by atoms with Gasteiger partial charge >= 0.3 is 7.82 Å². The van der Waals surface area contributed by atoms with Gasteiger partial charge in [0.2, 0.25) is 41.4 Å². The van der Waals surface area contributed by atoms with E-state index in [1.54, 1.807) is 24.3 Å². The van der Waals surface area contributed by atoms with Crippen LogP contribution >= 0.6 is 7.82 Å². The van der Waals surface area contributed by atoms with Crippen molar-refractivity contribution in [1.29, 1.82) is 0 Å². The van der Waals surface area contributed by atoms with Crippen LogP contribution in [0.25, 0.3) is 0 Å². The van der Waals surface area contributed by atoms with Crippen LogP contribution in [0.5, 0.6) is 5.75 Å². The highest BCUT2D eigenvalue weighted by atomic mass is 31.2. The van der Waals surface area contributed by atoms with Gasteiger partial charge in [0, 0.05) is 31.9 Å². The number of phosphoric acid groups is 1. The van der Waals surface area contributed by atoms with Gasteiger partial charge in [0.25, 0.3) is 0 Å². The van der Waals surface area contributed by atoms with Gasteiger partial charge in [-0.2, -0.15) is 0 Å². The molecule has 0 fully saturated rings. The summed E-state index contributed by atoms with van der Waals surface area (Å²) in [6.45, 7) is 6.06. The van der Waals surface area contributed by atoms with Crippen molar-refractivity contribution >= 4 is 54.9 Å². The molecule has 11 N–H and O–H groups in total. The number of fused-ring (bicyclic) bond motifs is 1. The third kappa shape index (κ3) is 13.2. The van der Waals surface area contributed by atoms with Gasteiger partial charge in [0.05, 0.1) is 6.10 Å². The summed E-state index contributed by atoms with van der Waals surface area (Å²) in [6, 6.07) is 5.52. The Morgan fingerprint density at radius 1 is 0.873 bits per heavy atom. The summed E-state index contributed by atoms with van der Waals surface area (Å²) in [5.74, 6) is -5.81. The van der Waals surface area contributed by atoms with E-state index in [1.807, 2.05) is 13.8 Å². The van der Waals surface area contributed by atoms with E-state index in [-0.39, 0.29) is 43.8 Å². The van der Waals surface area contributed by atoms with Crippen LogP contribution in [-0.2, 0) is 51.0 Å². The molecule has 1 aliphatic rings. The number of rotatable bonds is 19. The van der Waals surface area contributed by atoms with Crippen molar-refractivity contribution in [3.63, 3.8) is 0 Å². The maximum absolute atomic E-state index is 14.5. The number of anilines is 1. The monoisotopic (exact) mass is 789 g/mol. The molecule has 7 amide bonds. The molecule has 0 saturated heterocycles. The number of amides is 7. The van der Waals surface area contributed by atoms with E-state index in [2.05, 4.69) is 25.8 Å². The zero-order chi connectivity index (χ0) is 41.2. The topological polar surface area (TPSA) is 310 Å². The van der Waals surface area contributed by atoms with E-state index in [0.717, 1.165) is 0 Å². The Bertz CT molecular complexity index is 1800. The highest BCUT2D eigenvalue weighted by molar-refractivity contribution is 7.46. The molecule has 2 aromatic carbocycles. The van der Waals surface area contributed by atoms with E-state index in [0.29, 0.717) is 16.8 Å². The van der Waals surface area contributed by atoms with Gasteiger partial charge in [0.1, 0.15) is 36.0 Å². The summed E-state index contributed by atoms with van der Waals surface area (Å²) < 4.78 is 15.8. The predicted octanol–water partition coefficient (Wildman–Crippen LogP) is -1.20. The molecule has 0 bridgehead atoms. The number of aliphatic hydroxyl groups is 1. The number of primary amides is 2. The molecule has 20 heteroatoms. The van der Waals surface area contributed by atoms with Crippen LogP contribution in [0.1, 0.15) is 58.1 Å². The molecule has 55 heavy (non-hydrogen) atoms. The number of para-hydroxylation sites is 1. The normalized spacial score (nSPS) is 16.4.